The van der Waals surface area contributed by atoms with E-state index in [9.17, 15) is 9.59 Å². The van der Waals surface area contributed by atoms with Gasteiger partial charge in [0.05, 0.1) is 17.6 Å². The molecular weight excluding hydrogens is 399 g/mol. The van der Waals surface area contributed by atoms with Gasteiger partial charge in [-0.3, -0.25) is 4.79 Å². The molecule has 166 valence electrons. The molecule has 2 aromatic rings. The molecule has 0 bridgehead atoms. The molecule has 31 heavy (non-hydrogen) atoms. The summed E-state index contributed by atoms with van der Waals surface area (Å²) in [4.78, 5) is 33.3. The van der Waals surface area contributed by atoms with Gasteiger partial charge in [0, 0.05) is 31.7 Å². The molecule has 0 atom stereocenters. The van der Waals surface area contributed by atoms with Gasteiger partial charge in [0.1, 0.15) is 12.3 Å². The Balaban J connectivity index is 1.42. The first-order chi connectivity index (χ1) is 14.7. The van der Waals surface area contributed by atoms with Crippen LogP contribution in [-0.4, -0.2) is 63.6 Å². The fourth-order valence-electron chi connectivity index (χ4n) is 4.87. The SMILES string of the molecule is Cn1c(C(=O)N2CCC(N3CCOC3=O)CC2)nc2c(C(C)(C)F)cc(C3CC3)cc21. The number of nitrogens with zero attached hydrogens (tertiary/aromatic N) is 4. The lowest BCUT2D eigenvalue weighted by atomic mass is 9.95. The van der Waals surface area contributed by atoms with Crippen LogP contribution >= 0.6 is 0 Å². The first-order valence-electron chi connectivity index (χ1n) is 11.2. The number of piperidine rings is 1. The van der Waals surface area contributed by atoms with Crippen molar-refractivity contribution in [2.45, 2.75) is 57.2 Å². The van der Waals surface area contributed by atoms with E-state index in [2.05, 4.69) is 11.1 Å². The predicted molar refractivity (Wildman–Crippen MR) is 114 cm³/mol. The Morgan fingerprint density at radius 3 is 2.45 bits per heavy atom. The Morgan fingerprint density at radius 2 is 1.87 bits per heavy atom. The van der Waals surface area contributed by atoms with Crippen LogP contribution in [0.1, 0.15) is 67.2 Å². The van der Waals surface area contributed by atoms with Crippen molar-refractivity contribution >= 4 is 23.0 Å². The fraction of sp³-hybridized carbons (Fsp3) is 0.609. The number of benzene rings is 1. The van der Waals surface area contributed by atoms with Gasteiger partial charge in [-0.25, -0.2) is 14.2 Å². The molecule has 3 fully saturated rings. The van der Waals surface area contributed by atoms with Gasteiger partial charge in [0.2, 0.25) is 0 Å². The monoisotopic (exact) mass is 428 g/mol. The molecule has 2 aliphatic heterocycles. The van der Waals surface area contributed by atoms with Crippen molar-refractivity contribution in [3.05, 3.63) is 29.1 Å². The second-order valence-corrected chi connectivity index (χ2v) is 9.51. The Morgan fingerprint density at radius 1 is 1.16 bits per heavy atom. The highest BCUT2D eigenvalue weighted by atomic mass is 19.1. The zero-order valence-electron chi connectivity index (χ0n) is 18.4. The van der Waals surface area contributed by atoms with E-state index < -0.39 is 5.67 Å². The van der Waals surface area contributed by atoms with E-state index in [0.717, 1.165) is 36.8 Å². The molecule has 5 rings (SSSR count). The van der Waals surface area contributed by atoms with Crippen molar-refractivity contribution in [3.8, 4) is 0 Å². The zero-order chi connectivity index (χ0) is 21.9. The van der Waals surface area contributed by atoms with Gasteiger partial charge in [-0.2, -0.15) is 0 Å². The van der Waals surface area contributed by atoms with Crippen molar-refractivity contribution in [3.63, 3.8) is 0 Å². The van der Waals surface area contributed by atoms with Crippen LogP contribution in [0, 0.1) is 0 Å². The van der Waals surface area contributed by atoms with Crippen LogP contribution in [0.4, 0.5) is 9.18 Å². The van der Waals surface area contributed by atoms with E-state index in [1.54, 1.807) is 23.6 Å². The molecule has 0 unspecified atom stereocenters. The van der Waals surface area contributed by atoms with E-state index in [1.807, 2.05) is 17.7 Å². The maximum absolute atomic E-state index is 15.0. The van der Waals surface area contributed by atoms with E-state index in [4.69, 9.17) is 4.74 Å². The summed E-state index contributed by atoms with van der Waals surface area (Å²) in [7, 11) is 1.83. The third-order valence-corrected chi connectivity index (χ3v) is 6.87. The van der Waals surface area contributed by atoms with E-state index in [1.165, 1.54) is 0 Å². The molecule has 1 aliphatic carbocycles. The lowest BCUT2D eigenvalue weighted by Crippen LogP contribution is -2.47. The van der Waals surface area contributed by atoms with Crippen LogP contribution in [0.25, 0.3) is 11.0 Å². The molecule has 7 nitrogen and oxygen atoms in total. The molecule has 0 radical (unpaired) electrons. The van der Waals surface area contributed by atoms with Crippen molar-refractivity contribution in [2.75, 3.05) is 26.2 Å². The van der Waals surface area contributed by atoms with Gasteiger partial charge in [0.15, 0.2) is 5.82 Å². The number of ether oxygens (including phenoxy) is 1. The zero-order valence-corrected chi connectivity index (χ0v) is 18.4. The first-order valence-corrected chi connectivity index (χ1v) is 11.2. The number of fused-ring (bicyclic) bond motifs is 1. The average molecular weight is 429 g/mol. The normalized spacial score (nSPS) is 20.6. The van der Waals surface area contributed by atoms with Crippen LogP contribution in [0.2, 0.25) is 0 Å². The molecule has 0 spiro atoms. The van der Waals surface area contributed by atoms with Crippen molar-refractivity contribution < 1.29 is 18.7 Å². The number of carbonyl (C=O) groups excluding carboxylic acids is 2. The lowest BCUT2D eigenvalue weighted by molar-refractivity contribution is 0.0643. The average Bonchev–Trinajstić information content (AvgIpc) is 3.42. The predicted octanol–water partition coefficient (Wildman–Crippen LogP) is 3.71. The van der Waals surface area contributed by atoms with Gasteiger partial charge in [-0.05, 0) is 57.1 Å². The number of cyclic esters (lactones) is 1. The minimum Gasteiger partial charge on any atom is -0.448 e. The number of alkyl halides is 1. The summed E-state index contributed by atoms with van der Waals surface area (Å²) in [6.07, 6.45) is 3.44. The Hall–Kier alpha value is -2.64. The van der Waals surface area contributed by atoms with Crippen molar-refractivity contribution in [1.82, 2.24) is 19.4 Å². The standard InChI is InChI=1S/C23H29FN4O3/c1-23(2,24)17-12-15(14-4-5-14)13-18-19(17)25-20(26(18)3)21(29)27-8-6-16(7-9-27)28-10-11-31-22(28)30/h12-14,16H,4-11H2,1-3H3. The second-order valence-electron chi connectivity index (χ2n) is 9.51. The molecule has 1 saturated carbocycles. The highest BCUT2D eigenvalue weighted by Crippen LogP contribution is 2.43. The van der Waals surface area contributed by atoms with E-state index in [0.29, 0.717) is 49.1 Å². The number of imidazole rings is 1. The molecule has 0 N–H and O–H groups in total. The molecule has 2 amide bonds. The number of halogens is 1. The number of amides is 2. The third-order valence-electron chi connectivity index (χ3n) is 6.87. The first kappa shape index (κ1) is 20.3. The third kappa shape index (κ3) is 3.55. The van der Waals surface area contributed by atoms with Gasteiger partial charge < -0.3 is 19.1 Å². The second kappa shape index (κ2) is 7.21. The van der Waals surface area contributed by atoms with Gasteiger partial charge >= 0.3 is 6.09 Å². The summed E-state index contributed by atoms with van der Waals surface area (Å²) in [6, 6.07) is 4.11. The summed E-state index contributed by atoms with van der Waals surface area (Å²) in [5, 5.41) is 0. The topological polar surface area (TPSA) is 67.7 Å². The minimum atomic E-state index is -1.54. The summed E-state index contributed by atoms with van der Waals surface area (Å²) in [5.41, 5.74) is 1.52. The van der Waals surface area contributed by atoms with E-state index >= 15 is 4.39 Å². The highest BCUT2D eigenvalue weighted by molar-refractivity contribution is 5.96. The number of hydrogen-bond acceptors (Lipinski definition) is 4. The molecular formula is C23H29FN4O3. The van der Waals surface area contributed by atoms with Crippen LogP contribution in [-0.2, 0) is 17.5 Å². The summed E-state index contributed by atoms with van der Waals surface area (Å²) < 4.78 is 21.9. The number of rotatable bonds is 4. The van der Waals surface area contributed by atoms with Gasteiger partial charge in [0.25, 0.3) is 5.91 Å². The quantitative estimate of drug-likeness (QED) is 0.745. The highest BCUT2D eigenvalue weighted by Gasteiger charge is 2.35. The van der Waals surface area contributed by atoms with E-state index in [-0.39, 0.29) is 18.0 Å². The van der Waals surface area contributed by atoms with Crippen LogP contribution in [0.5, 0.6) is 0 Å². The van der Waals surface area contributed by atoms with Crippen LogP contribution < -0.4 is 0 Å². The van der Waals surface area contributed by atoms with Gasteiger partial charge in [-0.15, -0.1) is 0 Å². The fourth-order valence-corrected chi connectivity index (χ4v) is 4.87. The molecule has 1 aromatic carbocycles. The summed E-state index contributed by atoms with van der Waals surface area (Å²) in [6.45, 7) is 5.27. The minimum absolute atomic E-state index is 0.111. The number of aryl methyl sites for hydroxylation is 1. The van der Waals surface area contributed by atoms with Crippen molar-refractivity contribution in [2.24, 2.45) is 7.05 Å². The maximum Gasteiger partial charge on any atom is 0.410 e. The number of aromatic nitrogens is 2. The Kier molecular flexibility index (Phi) is 4.71. The number of likely N-dealkylation sites (tertiary alicyclic amines) is 1. The molecule has 3 aliphatic rings. The Labute approximate surface area is 181 Å². The molecule has 3 heterocycles. The smallest absolute Gasteiger partial charge is 0.410 e. The van der Waals surface area contributed by atoms with Crippen LogP contribution in [0.3, 0.4) is 0 Å². The number of carbonyl (C=O) groups is 2. The number of hydrogen-bond donors (Lipinski definition) is 0. The largest absolute Gasteiger partial charge is 0.448 e. The Bertz CT molecular complexity index is 1050. The molecule has 2 saturated heterocycles. The maximum atomic E-state index is 15.0. The van der Waals surface area contributed by atoms with Crippen molar-refractivity contribution in [1.29, 1.82) is 0 Å². The van der Waals surface area contributed by atoms with Gasteiger partial charge in [-0.1, -0.05) is 6.07 Å². The lowest BCUT2D eigenvalue weighted by Gasteiger charge is -2.35. The summed E-state index contributed by atoms with van der Waals surface area (Å²) >= 11 is 0. The van der Waals surface area contributed by atoms with Crippen LogP contribution in [0.15, 0.2) is 12.1 Å². The molecule has 1 aromatic heterocycles. The molecule has 8 heteroatoms. The summed E-state index contributed by atoms with van der Waals surface area (Å²) in [5.74, 6) is 0.681.